The number of anilines is 1. The summed E-state index contributed by atoms with van der Waals surface area (Å²) in [6.45, 7) is 4.57. The van der Waals surface area contributed by atoms with Crippen molar-refractivity contribution in [3.8, 4) is 0 Å². The Hall–Kier alpha value is -3.21. The molecule has 11 heteroatoms. The molecule has 2 aliphatic carbocycles. The maximum atomic E-state index is 14.8. The zero-order chi connectivity index (χ0) is 25.4. The first-order valence-electron chi connectivity index (χ1n) is 12.4. The molecule has 36 heavy (non-hydrogen) atoms. The van der Waals surface area contributed by atoms with E-state index in [0.29, 0.717) is 36.6 Å². The molecule has 1 saturated carbocycles. The normalized spacial score (nSPS) is 22.3. The molecule has 0 aromatic carbocycles. The van der Waals surface area contributed by atoms with Crippen LogP contribution in [0.3, 0.4) is 0 Å². The molecule has 1 amide bonds. The summed E-state index contributed by atoms with van der Waals surface area (Å²) < 4.78 is 40.7. The van der Waals surface area contributed by atoms with Gasteiger partial charge in [0.1, 0.15) is 11.5 Å². The summed E-state index contributed by atoms with van der Waals surface area (Å²) in [6.07, 6.45) is 5.41. The second kappa shape index (κ2) is 9.68. The molecule has 2 aromatic heterocycles. The van der Waals surface area contributed by atoms with E-state index in [4.69, 9.17) is 0 Å². The zero-order valence-corrected chi connectivity index (χ0v) is 20.1. The number of aryl methyl sites for hydroxylation is 1. The quantitative estimate of drug-likeness (QED) is 0.590. The van der Waals surface area contributed by atoms with Crippen molar-refractivity contribution in [1.29, 1.82) is 0 Å². The Bertz CT molecular complexity index is 1230. The fraction of sp³-hybridized carbons (Fsp3) is 0.520. The molecule has 5 rings (SSSR count). The van der Waals surface area contributed by atoms with E-state index in [1.165, 1.54) is 12.1 Å². The molecule has 0 radical (unpaired) electrons. The second-order valence-corrected chi connectivity index (χ2v) is 9.70. The molecule has 1 saturated heterocycles. The Balaban J connectivity index is 1.17. The van der Waals surface area contributed by atoms with E-state index in [2.05, 4.69) is 31.2 Å². The van der Waals surface area contributed by atoms with Crippen molar-refractivity contribution in [3.05, 3.63) is 57.8 Å². The molecule has 0 bridgehead atoms. The number of rotatable bonds is 6. The third kappa shape index (κ3) is 5.02. The Labute approximate surface area is 206 Å². The molecular weight excluding hydrogens is 473 g/mol. The average Bonchev–Trinajstić information content (AvgIpc) is 3.33. The van der Waals surface area contributed by atoms with Crippen LogP contribution in [0.25, 0.3) is 5.57 Å². The topological polar surface area (TPSA) is 94.2 Å². The SMILES string of the molecule is CCc1cnc(C2=CC(N3CCN(c4ccc(C(=O)NC5CC(F)(F)C5)nc4F)CC3)CC2)[nH]c1=O. The number of pyridine rings is 1. The van der Waals surface area contributed by atoms with Crippen molar-refractivity contribution >= 4 is 17.2 Å². The lowest BCUT2D eigenvalue weighted by atomic mass is 9.88. The highest BCUT2D eigenvalue weighted by Gasteiger charge is 2.46. The Morgan fingerprint density at radius 1 is 1.22 bits per heavy atom. The maximum Gasteiger partial charge on any atom is 0.270 e. The van der Waals surface area contributed by atoms with Crippen LogP contribution in [0.4, 0.5) is 18.9 Å². The highest BCUT2D eigenvalue weighted by Crippen LogP contribution is 2.37. The minimum absolute atomic E-state index is 0.0933. The third-order valence-electron chi connectivity index (χ3n) is 7.27. The van der Waals surface area contributed by atoms with Crippen molar-refractivity contribution in [2.45, 2.75) is 57.0 Å². The van der Waals surface area contributed by atoms with E-state index in [0.717, 1.165) is 31.5 Å². The van der Waals surface area contributed by atoms with Crippen LogP contribution >= 0.6 is 0 Å². The predicted octanol–water partition coefficient (Wildman–Crippen LogP) is 2.76. The summed E-state index contributed by atoms with van der Waals surface area (Å²) in [5.74, 6) is -3.51. The first-order chi connectivity index (χ1) is 17.2. The number of hydrogen-bond donors (Lipinski definition) is 2. The maximum absolute atomic E-state index is 14.8. The van der Waals surface area contributed by atoms with E-state index in [-0.39, 0.29) is 17.3 Å². The van der Waals surface area contributed by atoms with Crippen molar-refractivity contribution < 1.29 is 18.0 Å². The monoisotopic (exact) mass is 502 g/mol. The number of hydrogen-bond acceptors (Lipinski definition) is 6. The summed E-state index contributed by atoms with van der Waals surface area (Å²) in [6, 6.07) is 2.58. The Morgan fingerprint density at radius 2 is 1.97 bits per heavy atom. The number of nitrogens with one attached hydrogen (secondary N) is 2. The lowest BCUT2D eigenvalue weighted by molar-refractivity contribution is -0.0901. The van der Waals surface area contributed by atoms with Crippen LogP contribution in [-0.2, 0) is 6.42 Å². The number of carbonyl (C=O) groups is 1. The summed E-state index contributed by atoms with van der Waals surface area (Å²) in [5.41, 5.74) is 1.82. The lowest BCUT2D eigenvalue weighted by Crippen LogP contribution is -2.50. The number of aromatic amines is 1. The molecule has 2 N–H and O–H groups in total. The van der Waals surface area contributed by atoms with Gasteiger partial charge in [-0.2, -0.15) is 4.39 Å². The summed E-state index contributed by atoms with van der Waals surface area (Å²) in [5, 5.41) is 2.48. The van der Waals surface area contributed by atoms with Gasteiger partial charge >= 0.3 is 0 Å². The van der Waals surface area contributed by atoms with Gasteiger partial charge < -0.3 is 15.2 Å². The number of amides is 1. The molecule has 3 heterocycles. The van der Waals surface area contributed by atoms with Crippen LogP contribution in [0.2, 0.25) is 0 Å². The molecule has 3 aliphatic rings. The van der Waals surface area contributed by atoms with Crippen molar-refractivity contribution in [1.82, 2.24) is 25.2 Å². The van der Waals surface area contributed by atoms with Crippen LogP contribution in [0.5, 0.6) is 0 Å². The number of carbonyl (C=O) groups excluding carboxylic acids is 1. The van der Waals surface area contributed by atoms with Gasteiger partial charge in [0, 0.05) is 62.9 Å². The molecule has 1 atom stereocenters. The summed E-state index contributed by atoms with van der Waals surface area (Å²) in [7, 11) is 0. The minimum atomic E-state index is -2.74. The van der Waals surface area contributed by atoms with Gasteiger partial charge in [-0.25, -0.2) is 18.7 Å². The molecule has 2 aromatic rings. The Kier molecular flexibility index (Phi) is 6.59. The number of piperazine rings is 1. The van der Waals surface area contributed by atoms with E-state index < -0.39 is 36.7 Å². The number of H-pyrrole nitrogens is 1. The number of aromatic nitrogens is 3. The highest BCUT2D eigenvalue weighted by molar-refractivity contribution is 5.92. The van der Waals surface area contributed by atoms with E-state index >= 15 is 0 Å². The first-order valence-corrected chi connectivity index (χ1v) is 12.4. The second-order valence-electron chi connectivity index (χ2n) is 9.70. The van der Waals surface area contributed by atoms with Crippen molar-refractivity contribution in [3.63, 3.8) is 0 Å². The third-order valence-corrected chi connectivity index (χ3v) is 7.27. The van der Waals surface area contributed by atoms with Crippen molar-refractivity contribution in [2.24, 2.45) is 0 Å². The van der Waals surface area contributed by atoms with Crippen LogP contribution in [0.15, 0.2) is 29.2 Å². The summed E-state index contributed by atoms with van der Waals surface area (Å²) >= 11 is 0. The fourth-order valence-corrected chi connectivity index (χ4v) is 5.13. The molecule has 1 unspecified atom stereocenters. The summed E-state index contributed by atoms with van der Waals surface area (Å²) in [4.78, 5) is 39.7. The van der Waals surface area contributed by atoms with Gasteiger partial charge in [0.15, 0.2) is 0 Å². The molecular formula is C25H29F3N6O2. The number of allylic oxidation sites excluding steroid dienone is 1. The minimum Gasteiger partial charge on any atom is -0.365 e. The van der Waals surface area contributed by atoms with Gasteiger partial charge in [-0.15, -0.1) is 0 Å². The lowest BCUT2D eigenvalue weighted by Gasteiger charge is -2.38. The molecule has 192 valence electrons. The van der Waals surface area contributed by atoms with Crippen LogP contribution in [0.1, 0.15) is 54.5 Å². The average molecular weight is 503 g/mol. The van der Waals surface area contributed by atoms with E-state index in [9.17, 15) is 22.8 Å². The van der Waals surface area contributed by atoms with Crippen LogP contribution < -0.4 is 15.8 Å². The zero-order valence-electron chi connectivity index (χ0n) is 20.1. The standard InChI is InChI=1S/C25H29F3N6O2/c1-2-15-14-29-22(32-23(15)35)16-3-4-18(11-16)33-7-9-34(10-8-33)20-6-5-19(31-21(20)26)24(36)30-17-12-25(27,28)13-17/h5-6,11,14,17-18H,2-4,7-10,12-13H2,1H3,(H,30,36)(H,29,32,35). The number of halogens is 3. The van der Waals surface area contributed by atoms with Gasteiger partial charge in [0.2, 0.25) is 5.95 Å². The largest absolute Gasteiger partial charge is 0.365 e. The van der Waals surface area contributed by atoms with Gasteiger partial charge in [0.25, 0.3) is 17.4 Å². The molecule has 8 nitrogen and oxygen atoms in total. The number of alkyl halides is 2. The smallest absolute Gasteiger partial charge is 0.270 e. The van der Waals surface area contributed by atoms with Gasteiger partial charge in [-0.1, -0.05) is 13.0 Å². The highest BCUT2D eigenvalue weighted by atomic mass is 19.3. The first kappa shape index (κ1) is 24.5. The molecule has 2 fully saturated rings. The molecule has 1 aliphatic heterocycles. The van der Waals surface area contributed by atoms with Gasteiger partial charge in [-0.05, 0) is 37.0 Å². The van der Waals surface area contributed by atoms with Crippen LogP contribution in [0, 0.1) is 5.95 Å². The number of nitrogens with zero attached hydrogens (tertiary/aromatic N) is 4. The predicted molar refractivity (Wildman–Crippen MR) is 129 cm³/mol. The van der Waals surface area contributed by atoms with E-state index in [1.54, 1.807) is 6.20 Å². The Morgan fingerprint density at radius 3 is 2.61 bits per heavy atom. The van der Waals surface area contributed by atoms with E-state index in [1.807, 2.05) is 11.8 Å². The van der Waals surface area contributed by atoms with Crippen molar-refractivity contribution in [2.75, 3.05) is 31.1 Å². The van der Waals surface area contributed by atoms with Crippen LogP contribution in [-0.4, -0.2) is 69.9 Å². The fourth-order valence-electron chi connectivity index (χ4n) is 5.13. The molecule has 0 spiro atoms. The van der Waals surface area contributed by atoms with Gasteiger partial charge in [0.05, 0.1) is 5.69 Å². The van der Waals surface area contributed by atoms with Gasteiger partial charge in [-0.3, -0.25) is 14.5 Å².